The summed E-state index contributed by atoms with van der Waals surface area (Å²) in [6, 6.07) is 11.9. The summed E-state index contributed by atoms with van der Waals surface area (Å²) < 4.78 is 5.92. The molecule has 1 fully saturated rings. The average molecular weight is 340 g/mol. The van der Waals surface area contributed by atoms with Crippen LogP contribution < -0.4 is 10.1 Å². The normalized spacial score (nSPS) is 17.2. The Balaban J connectivity index is 1.46. The first-order valence-electron chi connectivity index (χ1n) is 8.74. The Morgan fingerprint density at radius 3 is 2.96 bits per heavy atom. The van der Waals surface area contributed by atoms with Gasteiger partial charge in [-0.2, -0.15) is 4.98 Å². The van der Waals surface area contributed by atoms with E-state index in [1.54, 1.807) is 12.3 Å². The van der Waals surface area contributed by atoms with Crippen LogP contribution in [0.5, 0.6) is 5.88 Å². The summed E-state index contributed by atoms with van der Waals surface area (Å²) in [6.45, 7) is 3.82. The Morgan fingerprint density at radius 1 is 1.32 bits per heavy atom. The molecule has 6 heteroatoms. The molecule has 0 bridgehead atoms. The molecule has 1 N–H and O–H groups in total. The number of urea groups is 1. The van der Waals surface area contributed by atoms with E-state index in [9.17, 15) is 4.79 Å². The number of carbonyl (C=O) groups is 1. The topological polar surface area (TPSA) is 67.3 Å². The number of nitrogens with one attached hydrogen (secondary N) is 1. The molecular weight excluding hydrogens is 316 g/mol. The second kappa shape index (κ2) is 8.46. The van der Waals surface area contributed by atoms with Crippen molar-refractivity contribution >= 4 is 6.03 Å². The molecular formula is C19H24N4O2. The molecule has 2 heterocycles. The van der Waals surface area contributed by atoms with Crippen LogP contribution in [0.2, 0.25) is 0 Å². The second-order valence-corrected chi connectivity index (χ2v) is 6.24. The van der Waals surface area contributed by atoms with Crippen molar-refractivity contribution in [2.75, 3.05) is 19.6 Å². The fraction of sp³-hybridized carbons (Fsp3) is 0.421. The lowest BCUT2D eigenvalue weighted by Crippen LogP contribution is -2.49. The van der Waals surface area contributed by atoms with Crippen LogP contribution >= 0.6 is 0 Å². The largest absolute Gasteiger partial charge is 0.472 e. The summed E-state index contributed by atoms with van der Waals surface area (Å²) in [5.74, 6) is 1.26. The Bertz CT molecular complexity index is 693. The number of carbonyl (C=O) groups excluding carboxylic acids is 1. The van der Waals surface area contributed by atoms with Crippen molar-refractivity contribution in [1.82, 2.24) is 20.2 Å². The van der Waals surface area contributed by atoms with E-state index in [0.717, 1.165) is 25.8 Å². The van der Waals surface area contributed by atoms with Gasteiger partial charge < -0.3 is 15.0 Å². The fourth-order valence-electron chi connectivity index (χ4n) is 2.96. The molecule has 0 spiro atoms. The van der Waals surface area contributed by atoms with Crippen LogP contribution in [0.4, 0.5) is 4.79 Å². The number of rotatable bonds is 5. The van der Waals surface area contributed by atoms with Gasteiger partial charge in [-0.15, -0.1) is 0 Å². The standard InChI is InChI=1S/C19H24N4O2/c1-15-20-12-10-18(22-15)25-17-8-5-13-23(14-17)19(24)21-11-9-16-6-3-2-4-7-16/h2-4,6-7,10,12,17H,5,8-9,11,13-14H2,1H3,(H,21,24). The van der Waals surface area contributed by atoms with Crippen LogP contribution in [0.3, 0.4) is 0 Å². The van der Waals surface area contributed by atoms with E-state index in [1.807, 2.05) is 30.0 Å². The summed E-state index contributed by atoms with van der Waals surface area (Å²) in [5.41, 5.74) is 1.22. The molecule has 1 unspecified atom stereocenters. The molecule has 1 aliphatic heterocycles. The van der Waals surface area contributed by atoms with Gasteiger partial charge in [-0.05, 0) is 31.7 Å². The lowest BCUT2D eigenvalue weighted by atomic mass is 10.1. The van der Waals surface area contributed by atoms with Crippen LogP contribution in [-0.4, -0.2) is 46.6 Å². The van der Waals surface area contributed by atoms with Gasteiger partial charge in [0.15, 0.2) is 0 Å². The minimum atomic E-state index is -0.0251. The monoisotopic (exact) mass is 340 g/mol. The average Bonchev–Trinajstić information content (AvgIpc) is 2.63. The number of hydrogen-bond donors (Lipinski definition) is 1. The van der Waals surface area contributed by atoms with E-state index in [0.29, 0.717) is 24.8 Å². The molecule has 1 atom stereocenters. The Morgan fingerprint density at radius 2 is 2.16 bits per heavy atom. The van der Waals surface area contributed by atoms with Gasteiger partial charge in [0.25, 0.3) is 0 Å². The van der Waals surface area contributed by atoms with E-state index in [-0.39, 0.29) is 12.1 Å². The zero-order valence-corrected chi connectivity index (χ0v) is 14.5. The van der Waals surface area contributed by atoms with E-state index < -0.39 is 0 Å². The van der Waals surface area contributed by atoms with Crippen molar-refractivity contribution in [2.24, 2.45) is 0 Å². The number of likely N-dealkylation sites (tertiary alicyclic amines) is 1. The SMILES string of the molecule is Cc1nccc(OC2CCCN(C(=O)NCCc3ccccc3)C2)n1. The summed E-state index contributed by atoms with van der Waals surface area (Å²) in [5, 5.41) is 3.00. The number of ether oxygens (including phenoxy) is 1. The number of nitrogens with zero attached hydrogens (tertiary/aromatic N) is 3. The smallest absolute Gasteiger partial charge is 0.317 e. The van der Waals surface area contributed by atoms with Gasteiger partial charge in [-0.25, -0.2) is 9.78 Å². The zero-order valence-electron chi connectivity index (χ0n) is 14.5. The van der Waals surface area contributed by atoms with Crippen LogP contribution in [0.25, 0.3) is 0 Å². The third kappa shape index (κ3) is 5.17. The first-order chi connectivity index (χ1) is 12.2. The van der Waals surface area contributed by atoms with E-state index >= 15 is 0 Å². The maximum absolute atomic E-state index is 12.4. The summed E-state index contributed by atoms with van der Waals surface area (Å²) >= 11 is 0. The highest BCUT2D eigenvalue weighted by molar-refractivity contribution is 5.74. The minimum Gasteiger partial charge on any atom is -0.472 e. The summed E-state index contributed by atoms with van der Waals surface area (Å²) in [7, 11) is 0. The number of amides is 2. The van der Waals surface area contributed by atoms with Crippen molar-refractivity contribution in [3.05, 3.63) is 54.0 Å². The third-order valence-electron chi connectivity index (χ3n) is 4.24. The van der Waals surface area contributed by atoms with E-state index in [4.69, 9.17) is 4.74 Å². The van der Waals surface area contributed by atoms with Gasteiger partial charge in [0.05, 0.1) is 6.54 Å². The highest BCUT2D eigenvalue weighted by atomic mass is 16.5. The van der Waals surface area contributed by atoms with Gasteiger partial charge in [-0.3, -0.25) is 0 Å². The van der Waals surface area contributed by atoms with Crippen LogP contribution in [0, 0.1) is 6.92 Å². The maximum atomic E-state index is 12.4. The molecule has 2 amide bonds. The molecule has 0 radical (unpaired) electrons. The highest BCUT2D eigenvalue weighted by Crippen LogP contribution is 2.16. The molecule has 1 aromatic heterocycles. The van der Waals surface area contributed by atoms with Crippen LogP contribution in [-0.2, 0) is 6.42 Å². The third-order valence-corrected chi connectivity index (χ3v) is 4.24. The Hall–Kier alpha value is -2.63. The van der Waals surface area contributed by atoms with Crippen molar-refractivity contribution in [3.63, 3.8) is 0 Å². The van der Waals surface area contributed by atoms with E-state index in [1.165, 1.54) is 5.56 Å². The number of aromatic nitrogens is 2. The minimum absolute atomic E-state index is 0.0249. The van der Waals surface area contributed by atoms with Crippen molar-refractivity contribution in [1.29, 1.82) is 0 Å². The van der Waals surface area contributed by atoms with Gasteiger partial charge in [0.2, 0.25) is 5.88 Å². The van der Waals surface area contributed by atoms with Gasteiger partial charge in [0.1, 0.15) is 11.9 Å². The van der Waals surface area contributed by atoms with Gasteiger partial charge in [0, 0.05) is 25.4 Å². The molecule has 25 heavy (non-hydrogen) atoms. The number of hydrogen-bond acceptors (Lipinski definition) is 4. The second-order valence-electron chi connectivity index (χ2n) is 6.24. The molecule has 0 aliphatic carbocycles. The molecule has 6 nitrogen and oxygen atoms in total. The molecule has 0 saturated carbocycles. The van der Waals surface area contributed by atoms with E-state index in [2.05, 4.69) is 27.4 Å². The number of benzene rings is 1. The Kier molecular flexibility index (Phi) is 5.82. The van der Waals surface area contributed by atoms with Crippen LogP contribution in [0.1, 0.15) is 24.2 Å². The zero-order chi connectivity index (χ0) is 17.5. The molecule has 1 aromatic carbocycles. The van der Waals surface area contributed by atoms with Crippen molar-refractivity contribution < 1.29 is 9.53 Å². The fourth-order valence-corrected chi connectivity index (χ4v) is 2.96. The van der Waals surface area contributed by atoms with Gasteiger partial charge >= 0.3 is 6.03 Å². The first-order valence-corrected chi connectivity index (χ1v) is 8.74. The first kappa shape index (κ1) is 17.2. The summed E-state index contributed by atoms with van der Waals surface area (Å²) in [4.78, 5) is 22.5. The Labute approximate surface area is 148 Å². The van der Waals surface area contributed by atoms with Crippen LogP contribution in [0.15, 0.2) is 42.6 Å². The molecule has 1 saturated heterocycles. The number of aryl methyl sites for hydroxylation is 1. The quantitative estimate of drug-likeness (QED) is 0.908. The molecule has 1 aliphatic rings. The highest BCUT2D eigenvalue weighted by Gasteiger charge is 2.25. The predicted octanol–water partition coefficient (Wildman–Crippen LogP) is 2.58. The number of piperidine rings is 1. The molecule has 3 rings (SSSR count). The molecule has 2 aromatic rings. The molecule has 132 valence electrons. The lowest BCUT2D eigenvalue weighted by Gasteiger charge is -2.32. The lowest BCUT2D eigenvalue weighted by molar-refractivity contribution is 0.0976. The predicted molar refractivity (Wildman–Crippen MR) is 95.5 cm³/mol. The van der Waals surface area contributed by atoms with Crippen molar-refractivity contribution in [2.45, 2.75) is 32.3 Å². The van der Waals surface area contributed by atoms with Gasteiger partial charge in [-0.1, -0.05) is 30.3 Å². The summed E-state index contributed by atoms with van der Waals surface area (Å²) in [6.07, 6.45) is 4.36. The van der Waals surface area contributed by atoms with Crippen molar-refractivity contribution in [3.8, 4) is 5.88 Å². The maximum Gasteiger partial charge on any atom is 0.317 e.